The van der Waals surface area contributed by atoms with E-state index in [1.165, 1.54) is 4.90 Å². The average Bonchev–Trinajstić information content (AvgIpc) is 2.66. The van der Waals surface area contributed by atoms with E-state index in [0.717, 1.165) is 29.7 Å². The third-order valence-corrected chi connectivity index (χ3v) is 4.81. The number of carbonyl (C=O) groups excluding carboxylic acids is 2. The molecular formula is C21H26N4O3. The Morgan fingerprint density at radius 3 is 2.43 bits per heavy atom. The van der Waals surface area contributed by atoms with Gasteiger partial charge in [-0.25, -0.2) is 4.98 Å². The van der Waals surface area contributed by atoms with Crippen molar-refractivity contribution in [2.24, 2.45) is 0 Å². The number of nitrogens with two attached hydrogens (primary N) is 1. The van der Waals surface area contributed by atoms with Gasteiger partial charge in [0.2, 0.25) is 5.91 Å². The summed E-state index contributed by atoms with van der Waals surface area (Å²) in [6.45, 7) is 7.25. The maximum absolute atomic E-state index is 12.9. The smallest absolute Gasteiger partial charge is 0.272 e. The molecule has 1 aromatic carbocycles. The van der Waals surface area contributed by atoms with Gasteiger partial charge in [0.05, 0.1) is 0 Å². The number of para-hydroxylation sites is 1. The summed E-state index contributed by atoms with van der Waals surface area (Å²) in [7, 11) is 0. The lowest BCUT2D eigenvalue weighted by Crippen LogP contribution is -2.54. The Balaban J connectivity index is 1.90. The number of nitrogen functional groups attached to an aromatic ring is 1. The number of hydrogen-bond acceptors (Lipinski definition) is 5. The van der Waals surface area contributed by atoms with Crippen LogP contribution in [-0.2, 0) is 22.4 Å². The van der Waals surface area contributed by atoms with Crippen LogP contribution < -0.4 is 20.7 Å². The molecule has 3 N–H and O–H groups in total. The molecule has 0 radical (unpaired) electrons. The molecule has 1 aliphatic heterocycles. The number of anilines is 3. The van der Waals surface area contributed by atoms with Crippen molar-refractivity contribution in [3.63, 3.8) is 0 Å². The van der Waals surface area contributed by atoms with E-state index in [-0.39, 0.29) is 30.0 Å². The second kappa shape index (κ2) is 7.50. The van der Waals surface area contributed by atoms with Gasteiger partial charge in [-0.15, -0.1) is 0 Å². The number of aromatic nitrogens is 1. The largest absolute Gasteiger partial charge is 0.474 e. The van der Waals surface area contributed by atoms with Crippen molar-refractivity contribution in [1.82, 2.24) is 4.98 Å². The van der Waals surface area contributed by atoms with Crippen LogP contribution in [-0.4, -0.2) is 28.9 Å². The highest BCUT2D eigenvalue weighted by molar-refractivity contribution is 6.07. The van der Waals surface area contributed by atoms with E-state index in [0.29, 0.717) is 5.75 Å². The summed E-state index contributed by atoms with van der Waals surface area (Å²) in [5.41, 5.74) is 7.62. The van der Waals surface area contributed by atoms with Crippen molar-refractivity contribution in [3.8, 4) is 5.75 Å². The number of aryl methyl sites for hydroxylation is 2. The van der Waals surface area contributed by atoms with Crippen LogP contribution in [0.1, 0.15) is 38.8 Å². The first-order valence-electron chi connectivity index (χ1n) is 9.45. The number of nitrogens with zero attached hydrogens (tertiary/aromatic N) is 2. The first-order valence-corrected chi connectivity index (χ1v) is 9.45. The number of amides is 2. The molecule has 3 rings (SSSR count). The molecule has 0 fully saturated rings. The number of fused-ring (bicyclic) bond motifs is 1. The number of hydrogen-bond donors (Lipinski definition) is 2. The molecule has 7 nitrogen and oxygen atoms in total. The Labute approximate surface area is 164 Å². The van der Waals surface area contributed by atoms with Crippen molar-refractivity contribution >= 4 is 29.1 Å². The number of carbonyl (C=O) groups is 2. The van der Waals surface area contributed by atoms with E-state index in [9.17, 15) is 9.59 Å². The second-order valence-electron chi connectivity index (χ2n) is 7.27. The van der Waals surface area contributed by atoms with Crippen LogP contribution in [0.3, 0.4) is 0 Å². The van der Waals surface area contributed by atoms with E-state index in [4.69, 9.17) is 10.5 Å². The highest BCUT2D eigenvalue weighted by atomic mass is 16.5. The second-order valence-corrected chi connectivity index (χ2v) is 7.27. The minimum atomic E-state index is -1.10. The van der Waals surface area contributed by atoms with E-state index in [1.54, 1.807) is 26.0 Å². The van der Waals surface area contributed by atoms with Gasteiger partial charge >= 0.3 is 0 Å². The van der Waals surface area contributed by atoms with Crippen molar-refractivity contribution in [1.29, 1.82) is 0 Å². The molecule has 28 heavy (non-hydrogen) atoms. The van der Waals surface area contributed by atoms with Gasteiger partial charge < -0.3 is 15.8 Å². The van der Waals surface area contributed by atoms with Crippen LogP contribution in [0.2, 0.25) is 0 Å². The quantitative estimate of drug-likeness (QED) is 0.829. The third-order valence-electron chi connectivity index (χ3n) is 4.81. The zero-order valence-electron chi connectivity index (χ0n) is 16.7. The summed E-state index contributed by atoms with van der Waals surface area (Å²) in [5, 5.41) is 2.99. The molecule has 1 aliphatic rings. The molecule has 0 saturated heterocycles. The average molecular weight is 382 g/mol. The summed E-state index contributed by atoms with van der Waals surface area (Å²) in [5.74, 6) is 0.309. The number of nitrogens with one attached hydrogen (secondary N) is 1. The molecule has 1 aromatic heterocycles. The van der Waals surface area contributed by atoms with Gasteiger partial charge in [-0.05, 0) is 49.9 Å². The van der Waals surface area contributed by atoms with Crippen LogP contribution >= 0.6 is 0 Å². The fourth-order valence-electron chi connectivity index (χ4n) is 3.34. The van der Waals surface area contributed by atoms with Gasteiger partial charge in [0.15, 0.2) is 17.2 Å². The van der Waals surface area contributed by atoms with Gasteiger partial charge in [0.25, 0.3) is 5.91 Å². The van der Waals surface area contributed by atoms with Crippen molar-refractivity contribution in [2.75, 3.05) is 22.5 Å². The summed E-state index contributed by atoms with van der Waals surface area (Å²) in [6.07, 6.45) is 1.60. The Morgan fingerprint density at radius 2 is 1.82 bits per heavy atom. The molecule has 0 aliphatic carbocycles. The monoisotopic (exact) mass is 382 g/mol. The van der Waals surface area contributed by atoms with Gasteiger partial charge in [-0.3, -0.25) is 14.5 Å². The maximum atomic E-state index is 12.9. The molecule has 0 unspecified atom stereocenters. The van der Waals surface area contributed by atoms with Gasteiger partial charge in [-0.2, -0.15) is 0 Å². The van der Waals surface area contributed by atoms with Gasteiger partial charge in [0.1, 0.15) is 12.4 Å². The summed E-state index contributed by atoms with van der Waals surface area (Å²) in [4.78, 5) is 31.3. The van der Waals surface area contributed by atoms with Crippen LogP contribution in [0.5, 0.6) is 5.75 Å². The Morgan fingerprint density at radius 1 is 1.18 bits per heavy atom. The lowest BCUT2D eigenvalue weighted by atomic mass is 10.0. The molecule has 0 saturated carbocycles. The van der Waals surface area contributed by atoms with E-state index in [2.05, 4.69) is 10.3 Å². The van der Waals surface area contributed by atoms with Crippen molar-refractivity contribution in [3.05, 3.63) is 41.5 Å². The zero-order chi connectivity index (χ0) is 20.5. The lowest BCUT2D eigenvalue weighted by molar-refractivity contribution is -0.133. The standard InChI is InChI=1S/C21H26N4O3/c1-5-13-8-7-9-14(6-2)18(13)24-17(26)12-25-19-15(10-11-16(22)23-19)28-21(3,4)20(25)27/h7-11H,5-6,12H2,1-4H3,(H2,22,23)(H,24,26). The Kier molecular flexibility index (Phi) is 5.27. The number of ether oxygens (including phenoxy) is 1. The van der Waals surface area contributed by atoms with E-state index in [1.807, 2.05) is 32.0 Å². The summed E-state index contributed by atoms with van der Waals surface area (Å²) >= 11 is 0. The number of pyridine rings is 1. The van der Waals surface area contributed by atoms with E-state index < -0.39 is 5.60 Å². The minimum absolute atomic E-state index is 0.170. The van der Waals surface area contributed by atoms with Crippen LogP contribution in [0.25, 0.3) is 0 Å². The zero-order valence-corrected chi connectivity index (χ0v) is 16.7. The summed E-state index contributed by atoms with van der Waals surface area (Å²) < 4.78 is 5.75. The first-order chi connectivity index (χ1) is 13.3. The van der Waals surface area contributed by atoms with Crippen LogP contribution in [0.4, 0.5) is 17.3 Å². The van der Waals surface area contributed by atoms with Gasteiger partial charge in [-0.1, -0.05) is 32.0 Å². The normalized spacial score (nSPS) is 15.0. The molecule has 2 amide bonds. The first kappa shape index (κ1) is 19.7. The molecular weight excluding hydrogens is 356 g/mol. The maximum Gasteiger partial charge on any atom is 0.272 e. The lowest BCUT2D eigenvalue weighted by Gasteiger charge is -2.37. The fourth-order valence-corrected chi connectivity index (χ4v) is 3.34. The summed E-state index contributed by atoms with van der Waals surface area (Å²) in [6, 6.07) is 9.25. The SMILES string of the molecule is CCc1cccc(CC)c1NC(=O)CN1C(=O)C(C)(C)Oc2ccc(N)nc21. The predicted molar refractivity (Wildman–Crippen MR) is 110 cm³/mol. The molecule has 148 valence electrons. The number of rotatable bonds is 5. The minimum Gasteiger partial charge on any atom is -0.474 e. The highest BCUT2D eigenvalue weighted by Crippen LogP contribution is 2.36. The van der Waals surface area contributed by atoms with E-state index >= 15 is 0 Å². The van der Waals surface area contributed by atoms with Crippen molar-refractivity contribution in [2.45, 2.75) is 46.1 Å². The fraction of sp³-hybridized carbons (Fsp3) is 0.381. The number of benzene rings is 1. The molecule has 7 heteroatoms. The molecule has 2 heterocycles. The molecule has 0 spiro atoms. The Bertz CT molecular complexity index is 902. The van der Waals surface area contributed by atoms with Crippen LogP contribution in [0, 0.1) is 0 Å². The molecule has 0 bridgehead atoms. The molecule has 2 aromatic rings. The highest BCUT2D eigenvalue weighted by Gasteiger charge is 2.42. The van der Waals surface area contributed by atoms with Gasteiger partial charge in [0, 0.05) is 5.69 Å². The topological polar surface area (TPSA) is 97.5 Å². The predicted octanol–water partition coefficient (Wildman–Crippen LogP) is 2.93. The Hall–Kier alpha value is -3.09. The molecule has 0 atom stereocenters. The third kappa shape index (κ3) is 3.65. The van der Waals surface area contributed by atoms with Crippen molar-refractivity contribution < 1.29 is 14.3 Å². The van der Waals surface area contributed by atoms with Crippen LogP contribution in [0.15, 0.2) is 30.3 Å².